The highest BCUT2D eigenvalue weighted by atomic mass is 79.9. The van der Waals surface area contributed by atoms with Crippen LogP contribution in [0.1, 0.15) is 19.4 Å². The van der Waals surface area contributed by atoms with Crippen LogP contribution in [0.25, 0.3) is 0 Å². The molecule has 1 N–H and O–H groups in total. The molecule has 2 unspecified atom stereocenters. The van der Waals surface area contributed by atoms with Gasteiger partial charge in [0.05, 0.1) is 6.42 Å². The molecular weight excluding hydrogens is 292 g/mol. The van der Waals surface area contributed by atoms with Crippen molar-refractivity contribution >= 4 is 21.8 Å². The summed E-state index contributed by atoms with van der Waals surface area (Å²) in [5.74, 6) is 0.221. The molecule has 1 aromatic rings. The standard InChI is InChI=1S/C14H19BrN2O/c1-10-9-17(11(2)8-16-10)14(18)7-12-3-5-13(15)6-4-12/h3-6,10-11,16H,7-9H2,1-2H3. The van der Waals surface area contributed by atoms with E-state index in [2.05, 4.69) is 35.1 Å². The molecule has 1 fully saturated rings. The number of halogens is 1. The average Bonchev–Trinajstić information content (AvgIpc) is 2.35. The van der Waals surface area contributed by atoms with Gasteiger partial charge in [0.25, 0.3) is 0 Å². The van der Waals surface area contributed by atoms with Crippen molar-refractivity contribution in [2.75, 3.05) is 13.1 Å². The molecule has 18 heavy (non-hydrogen) atoms. The van der Waals surface area contributed by atoms with Crippen LogP contribution in [0.4, 0.5) is 0 Å². The van der Waals surface area contributed by atoms with E-state index in [0.29, 0.717) is 12.5 Å². The van der Waals surface area contributed by atoms with E-state index < -0.39 is 0 Å². The lowest BCUT2D eigenvalue weighted by molar-refractivity contribution is -0.133. The van der Waals surface area contributed by atoms with Gasteiger partial charge >= 0.3 is 0 Å². The van der Waals surface area contributed by atoms with Crippen molar-refractivity contribution < 1.29 is 4.79 Å². The van der Waals surface area contributed by atoms with Gasteiger partial charge in [-0.1, -0.05) is 28.1 Å². The van der Waals surface area contributed by atoms with Gasteiger partial charge < -0.3 is 10.2 Å². The molecule has 0 radical (unpaired) electrons. The van der Waals surface area contributed by atoms with Crippen molar-refractivity contribution in [2.45, 2.75) is 32.4 Å². The van der Waals surface area contributed by atoms with Crippen LogP contribution in [0.5, 0.6) is 0 Å². The Morgan fingerprint density at radius 2 is 2.06 bits per heavy atom. The first kappa shape index (κ1) is 13.6. The van der Waals surface area contributed by atoms with E-state index in [1.807, 2.05) is 29.2 Å². The number of nitrogens with zero attached hydrogens (tertiary/aromatic N) is 1. The summed E-state index contributed by atoms with van der Waals surface area (Å²) in [6.45, 7) is 5.90. The fourth-order valence-corrected chi connectivity index (χ4v) is 2.51. The molecular formula is C14H19BrN2O. The predicted molar refractivity (Wildman–Crippen MR) is 76.5 cm³/mol. The van der Waals surface area contributed by atoms with E-state index in [1.54, 1.807) is 0 Å². The molecule has 1 aliphatic heterocycles. The van der Waals surface area contributed by atoms with E-state index in [1.165, 1.54) is 0 Å². The van der Waals surface area contributed by atoms with Crippen LogP contribution in [-0.4, -0.2) is 36.0 Å². The highest BCUT2D eigenvalue weighted by Crippen LogP contribution is 2.13. The van der Waals surface area contributed by atoms with Gasteiger partial charge in [0, 0.05) is 29.6 Å². The number of hydrogen-bond donors (Lipinski definition) is 1. The number of piperazine rings is 1. The van der Waals surface area contributed by atoms with Crippen LogP contribution < -0.4 is 5.32 Å². The smallest absolute Gasteiger partial charge is 0.227 e. The normalized spacial score (nSPS) is 24.1. The fourth-order valence-electron chi connectivity index (χ4n) is 2.25. The second-order valence-corrected chi connectivity index (χ2v) is 5.92. The maximum atomic E-state index is 12.3. The molecule has 1 saturated heterocycles. The monoisotopic (exact) mass is 310 g/mol. The van der Waals surface area contributed by atoms with E-state index in [-0.39, 0.29) is 11.9 Å². The second kappa shape index (κ2) is 5.85. The highest BCUT2D eigenvalue weighted by molar-refractivity contribution is 9.10. The Balaban J connectivity index is 2.00. The number of amides is 1. The van der Waals surface area contributed by atoms with Gasteiger partial charge in [0.15, 0.2) is 0 Å². The zero-order valence-corrected chi connectivity index (χ0v) is 12.4. The van der Waals surface area contributed by atoms with Crippen molar-refractivity contribution in [3.63, 3.8) is 0 Å². The minimum Gasteiger partial charge on any atom is -0.337 e. The molecule has 1 heterocycles. The van der Waals surface area contributed by atoms with Crippen molar-refractivity contribution in [2.24, 2.45) is 0 Å². The lowest BCUT2D eigenvalue weighted by Gasteiger charge is -2.37. The summed E-state index contributed by atoms with van der Waals surface area (Å²) in [4.78, 5) is 14.3. The van der Waals surface area contributed by atoms with Crippen LogP contribution in [0, 0.1) is 0 Å². The number of nitrogens with one attached hydrogen (secondary N) is 1. The zero-order chi connectivity index (χ0) is 13.1. The van der Waals surface area contributed by atoms with Crippen LogP contribution in [0.2, 0.25) is 0 Å². The Hall–Kier alpha value is -0.870. The van der Waals surface area contributed by atoms with Crippen LogP contribution >= 0.6 is 15.9 Å². The summed E-state index contributed by atoms with van der Waals surface area (Å²) >= 11 is 3.40. The van der Waals surface area contributed by atoms with Gasteiger partial charge in [-0.2, -0.15) is 0 Å². The van der Waals surface area contributed by atoms with Gasteiger partial charge in [-0.15, -0.1) is 0 Å². The van der Waals surface area contributed by atoms with Crippen LogP contribution in [-0.2, 0) is 11.2 Å². The minimum atomic E-state index is 0.221. The maximum Gasteiger partial charge on any atom is 0.227 e. The molecule has 0 aromatic heterocycles. The zero-order valence-electron chi connectivity index (χ0n) is 10.8. The first-order valence-electron chi connectivity index (χ1n) is 6.33. The SMILES string of the molecule is CC1CN(C(=O)Cc2ccc(Br)cc2)C(C)CN1. The number of hydrogen-bond acceptors (Lipinski definition) is 2. The van der Waals surface area contributed by atoms with E-state index in [9.17, 15) is 4.79 Å². The Morgan fingerprint density at radius 3 is 2.72 bits per heavy atom. The summed E-state index contributed by atoms with van der Waals surface area (Å²) in [6, 6.07) is 8.62. The Bertz CT molecular complexity index is 418. The lowest BCUT2D eigenvalue weighted by Crippen LogP contribution is -2.56. The molecule has 0 spiro atoms. The Kier molecular flexibility index (Phi) is 4.40. The minimum absolute atomic E-state index is 0.221. The molecule has 98 valence electrons. The molecule has 0 saturated carbocycles. The molecule has 1 aliphatic rings. The van der Waals surface area contributed by atoms with Crippen LogP contribution in [0.3, 0.4) is 0 Å². The third-order valence-electron chi connectivity index (χ3n) is 3.35. The van der Waals surface area contributed by atoms with Gasteiger partial charge in [-0.25, -0.2) is 0 Å². The molecule has 3 nitrogen and oxygen atoms in total. The molecule has 1 aromatic carbocycles. The number of carbonyl (C=O) groups is 1. The topological polar surface area (TPSA) is 32.3 Å². The first-order chi connectivity index (χ1) is 8.56. The summed E-state index contributed by atoms with van der Waals surface area (Å²) in [5.41, 5.74) is 1.07. The third kappa shape index (κ3) is 3.33. The summed E-state index contributed by atoms with van der Waals surface area (Å²) in [5, 5.41) is 3.39. The second-order valence-electron chi connectivity index (χ2n) is 5.01. The summed E-state index contributed by atoms with van der Waals surface area (Å²) < 4.78 is 1.04. The Labute approximate surface area is 117 Å². The van der Waals surface area contributed by atoms with E-state index >= 15 is 0 Å². The maximum absolute atomic E-state index is 12.3. The predicted octanol–water partition coefficient (Wildman–Crippen LogP) is 2.20. The summed E-state index contributed by atoms with van der Waals surface area (Å²) in [6.07, 6.45) is 0.490. The van der Waals surface area contributed by atoms with Crippen molar-refractivity contribution in [3.05, 3.63) is 34.3 Å². The van der Waals surface area contributed by atoms with Crippen LogP contribution in [0.15, 0.2) is 28.7 Å². The number of carbonyl (C=O) groups excluding carboxylic acids is 1. The number of rotatable bonds is 2. The van der Waals surface area contributed by atoms with Gasteiger partial charge in [-0.05, 0) is 31.5 Å². The van der Waals surface area contributed by atoms with E-state index in [0.717, 1.165) is 23.1 Å². The van der Waals surface area contributed by atoms with Crippen molar-refractivity contribution in [1.29, 1.82) is 0 Å². The molecule has 0 aliphatic carbocycles. The van der Waals surface area contributed by atoms with Crippen molar-refractivity contribution in [3.8, 4) is 0 Å². The first-order valence-corrected chi connectivity index (χ1v) is 7.13. The molecule has 0 bridgehead atoms. The lowest BCUT2D eigenvalue weighted by atomic mass is 10.1. The van der Waals surface area contributed by atoms with E-state index in [4.69, 9.17) is 0 Å². The molecule has 2 rings (SSSR count). The Morgan fingerprint density at radius 1 is 1.39 bits per heavy atom. The van der Waals surface area contributed by atoms with Gasteiger partial charge in [-0.3, -0.25) is 4.79 Å². The fraction of sp³-hybridized carbons (Fsp3) is 0.500. The third-order valence-corrected chi connectivity index (χ3v) is 3.88. The average molecular weight is 311 g/mol. The van der Waals surface area contributed by atoms with Gasteiger partial charge in [0.2, 0.25) is 5.91 Å². The highest BCUT2D eigenvalue weighted by Gasteiger charge is 2.26. The quantitative estimate of drug-likeness (QED) is 0.908. The molecule has 4 heteroatoms. The van der Waals surface area contributed by atoms with Crippen molar-refractivity contribution in [1.82, 2.24) is 10.2 Å². The molecule has 2 atom stereocenters. The molecule has 1 amide bonds. The van der Waals surface area contributed by atoms with Gasteiger partial charge in [0.1, 0.15) is 0 Å². The number of benzene rings is 1. The summed E-state index contributed by atoms with van der Waals surface area (Å²) in [7, 11) is 0. The largest absolute Gasteiger partial charge is 0.337 e.